The summed E-state index contributed by atoms with van der Waals surface area (Å²) in [5.41, 5.74) is 5.82. The maximum absolute atomic E-state index is 13.9. The third-order valence-electron chi connectivity index (χ3n) is 3.34. The number of fused-ring (bicyclic) bond motifs is 1. The van der Waals surface area contributed by atoms with Gasteiger partial charge < -0.3 is 25.3 Å². The van der Waals surface area contributed by atoms with Crippen molar-refractivity contribution in [2.75, 3.05) is 5.73 Å². The van der Waals surface area contributed by atoms with Gasteiger partial charge in [-0.15, -0.1) is 0 Å². The third kappa shape index (κ3) is 1.68. The van der Waals surface area contributed by atoms with Crippen molar-refractivity contribution in [2.45, 2.75) is 31.5 Å². The molecule has 1 saturated heterocycles. The molecule has 2 aromatic heterocycles. The number of nitrogens with zero attached hydrogens (tertiary/aromatic N) is 3. The van der Waals surface area contributed by atoms with E-state index in [0.717, 1.165) is 6.20 Å². The molecule has 102 valence electrons. The van der Waals surface area contributed by atoms with Gasteiger partial charge in [0.1, 0.15) is 24.4 Å². The average molecular weight is 268 g/mol. The topological polar surface area (TPSA) is 106 Å². The molecule has 3 heterocycles. The molecule has 1 aliphatic heterocycles. The van der Waals surface area contributed by atoms with Gasteiger partial charge in [-0.25, -0.2) is 14.4 Å². The van der Waals surface area contributed by atoms with Crippen molar-refractivity contribution in [3.63, 3.8) is 0 Å². The first-order valence-corrected chi connectivity index (χ1v) is 5.79. The monoisotopic (exact) mass is 268 g/mol. The van der Waals surface area contributed by atoms with Crippen molar-refractivity contribution in [1.82, 2.24) is 14.5 Å². The van der Waals surface area contributed by atoms with Gasteiger partial charge in [0.2, 0.25) is 0 Å². The second kappa shape index (κ2) is 4.12. The van der Waals surface area contributed by atoms with E-state index in [0.29, 0.717) is 0 Å². The summed E-state index contributed by atoms with van der Waals surface area (Å²) in [6, 6.07) is 0. The zero-order valence-corrected chi connectivity index (χ0v) is 10.1. The zero-order valence-electron chi connectivity index (χ0n) is 10.1. The predicted octanol–water partition coefficient (Wildman–Crippen LogP) is -0.208. The molecule has 0 aromatic carbocycles. The standard InChI is InChI=1S/C11H13FN4O3/c1-4-7(17)8(18)11(19-4)16-2-5(12)6-9(13)14-3-15-10(6)16/h2-4,7-8,11,17-18H,1H3,(H2,13,14,15)/t4-,7+,8+,11+/m0/s1. The number of ether oxygens (including phenoxy) is 1. The Morgan fingerprint density at radius 2 is 2.11 bits per heavy atom. The van der Waals surface area contributed by atoms with Crippen LogP contribution in [0.3, 0.4) is 0 Å². The van der Waals surface area contributed by atoms with Crippen LogP contribution in [-0.2, 0) is 4.74 Å². The molecule has 19 heavy (non-hydrogen) atoms. The summed E-state index contributed by atoms with van der Waals surface area (Å²) in [7, 11) is 0. The lowest BCUT2D eigenvalue weighted by molar-refractivity contribution is -0.0299. The lowest BCUT2D eigenvalue weighted by Crippen LogP contribution is -2.30. The summed E-state index contributed by atoms with van der Waals surface area (Å²) < 4.78 is 20.6. The molecular weight excluding hydrogens is 255 g/mol. The van der Waals surface area contributed by atoms with E-state index in [-0.39, 0.29) is 16.9 Å². The van der Waals surface area contributed by atoms with Crippen molar-refractivity contribution < 1.29 is 19.3 Å². The summed E-state index contributed by atoms with van der Waals surface area (Å²) in [5.74, 6) is -0.583. The van der Waals surface area contributed by atoms with Crippen molar-refractivity contribution in [1.29, 1.82) is 0 Å². The molecule has 1 fully saturated rings. The first-order valence-electron chi connectivity index (χ1n) is 5.79. The number of nitrogens with two attached hydrogens (primary N) is 1. The van der Waals surface area contributed by atoms with Gasteiger partial charge in [0.25, 0.3) is 0 Å². The Kier molecular flexibility index (Phi) is 2.66. The minimum absolute atomic E-state index is 0.0160. The quantitative estimate of drug-likeness (QED) is 0.661. The Bertz CT molecular complexity index is 632. The van der Waals surface area contributed by atoms with Crippen molar-refractivity contribution in [2.24, 2.45) is 0 Å². The minimum atomic E-state index is -1.17. The van der Waals surface area contributed by atoms with Crippen LogP contribution >= 0.6 is 0 Å². The second-order valence-electron chi connectivity index (χ2n) is 4.55. The summed E-state index contributed by atoms with van der Waals surface area (Å²) in [5, 5.41) is 19.7. The van der Waals surface area contributed by atoms with Gasteiger partial charge in [-0.3, -0.25) is 0 Å². The van der Waals surface area contributed by atoms with Gasteiger partial charge in [-0.2, -0.15) is 0 Å². The van der Waals surface area contributed by atoms with Gasteiger partial charge in [-0.05, 0) is 6.92 Å². The van der Waals surface area contributed by atoms with Crippen LogP contribution in [0.25, 0.3) is 11.0 Å². The summed E-state index contributed by atoms with van der Waals surface area (Å²) >= 11 is 0. The number of nitrogen functional groups attached to an aromatic ring is 1. The van der Waals surface area contributed by atoms with Crippen LogP contribution in [0.15, 0.2) is 12.5 Å². The molecule has 8 heteroatoms. The Morgan fingerprint density at radius 1 is 1.37 bits per heavy atom. The van der Waals surface area contributed by atoms with Crippen molar-refractivity contribution >= 4 is 16.9 Å². The van der Waals surface area contributed by atoms with E-state index < -0.39 is 30.4 Å². The van der Waals surface area contributed by atoms with Gasteiger partial charge in [-0.1, -0.05) is 0 Å². The van der Waals surface area contributed by atoms with Gasteiger partial charge >= 0.3 is 0 Å². The largest absolute Gasteiger partial charge is 0.388 e. The molecule has 0 aliphatic carbocycles. The molecule has 2 aromatic rings. The predicted molar refractivity (Wildman–Crippen MR) is 63.5 cm³/mol. The molecule has 3 rings (SSSR count). The van der Waals surface area contributed by atoms with Crippen molar-refractivity contribution in [3.05, 3.63) is 18.3 Å². The lowest BCUT2D eigenvalue weighted by Gasteiger charge is -2.16. The van der Waals surface area contributed by atoms with E-state index in [2.05, 4.69) is 9.97 Å². The van der Waals surface area contributed by atoms with E-state index >= 15 is 0 Å². The van der Waals surface area contributed by atoms with Crippen LogP contribution < -0.4 is 5.73 Å². The fraction of sp³-hybridized carbons (Fsp3) is 0.455. The molecule has 0 bridgehead atoms. The summed E-state index contributed by atoms with van der Waals surface area (Å²) in [6.07, 6.45) is -1.33. The Labute approximate surface area is 107 Å². The number of aromatic nitrogens is 3. The molecule has 0 amide bonds. The van der Waals surface area contributed by atoms with Gasteiger partial charge in [0.05, 0.1) is 11.5 Å². The normalized spacial score (nSPS) is 31.2. The maximum Gasteiger partial charge on any atom is 0.164 e. The van der Waals surface area contributed by atoms with Crippen LogP contribution in [-0.4, -0.2) is 43.1 Å². The molecule has 7 nitrogen and oxygen atoms in total. The Balaban J connectivity index is 2.14. The zero-order chi connectivity index (χ0) is 13.7. The van der Waals surface area contributed by atoms with Crippen LogP contribution in [0.1, 0.15) is 13.2 Å². The van der Waals surface area contributed by atoms with E-state index in [1.165, 1.54) is 10.9 Å². The molecule has 4 atom stereocenters. The number of rotatable bonds is 1. The molecule has 0 spiro atoms. The fourth-order valence-corrected chi connectivity index (χ4v) is 2.31. The van der Waals surface area contributed by atoms with Gasteiger partial charge in [0, 0.05) is 6.20 Å². The van der Waals surface area contributed by atoms with Gasteiger partial charge in [0.15, 0.2) is 17.7 Å². The molecule has 0 saturated carbocycles. The number of anilines is 1. The second-order valence-corrected chi connectivity index (χ2v) is 4.55. The average Bonchev–Trinajstić information content (AvgIpc) is 2.83. The van der Waals surface area contributed by atoms with Crippen molar-refractivity contribution in [3.8, 4) is 0 Å². The van der Waals surface area contributed by atoms with Crippen LogP contribution in [0.4, 0.5) is 10.2 Å². The van der Waals surface area contributed by atoms with E-state index in [1.807, 2.05) is 0 Å². The first-order chi connectivity index (χ1) is 9.00. The number of halogens is 1. The molecule has 1 aliphatic rings. The summed E-state index contributed by atoms with van der Waals surface area (Å²) in [4.78, 5) is 7.67. The number of aliphatic hydroxyl groups is 2. The van der Waals surface area contributed by atoms with Crippen LogP contribution in [0.5, 0.6) is 0 Å². The van der Waals surface area contributed by atoms with Crippen LogP contribution in [0, 0.1) is 5.82 Å². The van der Waals surface area contributed by atoms with E-state index in [9.17, 15) is 14.6 Å². The van der Waals surface area contributed by atoms with E-state index in [4.69, 9.17) is 10.5 Å². The smallest absolute Gasteiger partial charge is 0.164 e. The highest BCUT2D eigenvalue weighted by molar-refractivity contribution is 5.86. The highest BCUT2D eigenvalue weighted by Gasteiger charge is 2.42. The third-order valence-corrected chi connectivity index (χ3v) is 3.34. The Hall–Kier alpha value is -1.77. The van der Waals surface area contributed by atoms with E-state index in [1.54, 1.807) is 6.92 Å². The first kappa shape index (κ1) is 12.3. The summed E-state index contributed by atoms with van der Waals surface area (Å²) in [6.45, 7) is 1.62. The highest BCUT2D eigenvalue weighted by Crippen LogP contribution is 2.33. The fourth-order valence-electron chi connectivity index (χ4n) is 2.31. The minimum Gasteiger partial charge on any atom is -0.388 e. The maximum atomic E-state index is 13.9. The SMILES string of the molecule is C[C@@H]1O[C@@H](n2cc(F)c3c(N)ncnc32)[C@H](O)[C@@H]1O. The number of hydrogen-bond acceptors (Lipinski definition) is 6. The molecular formula is C11H13FN4O3. The lowest BCUT2D eigenvalue weighted by atomic mass is 10.1. The highest BCUT2D eigenvalue weighted by atomic mass is 19.1. The molecule has 4 N–H and O–H groups in total. The molecule has 0 radical (unpaired) electrons. The number of aliphatic hydroxyl groups excluding tert-OH is 2. The van der Waals surface area contributed by atoms with Crippen LogP contribution in [0.2, 0.25) is 0 Å². The number of hydrogen-bond donors (Lipinski definition) is 3. The Morgan fingerprint density at radius 3 is 2.74 bits per heavy atom. The molecule has 0 unspecified atom stereocenters.